The number of hydrogen-bond donors (Lipinski definition) is 3. The zero-order valence-corrected chi connectivity index (χ0v) is 11.1. The van der Waals surface area contributed by atoms with Crippen molar-refractivity contribution in [3.8, 4) is 11.5 Å². The summed E-state index contributed by atoms with van der Waals surface area (Å²) in [5.74, 6) is -1.94. The number of phenols is 2. The van der Waals surface area contributed by atoms with E-state index >= 15 is 0 Å². The van der Waals surface area contributed by atoms with E-state index in [1.165, 1.54) is 36.4 Å². The smallest absolute Gasteiger partial charge is 0.259 e. The number of carbonyl (C=O) groups excluding carboxylic acids is 1. The van der Waals surface area contributed by atoms with Gasteiger partial charge in [-0.15, -0.1) is 0 Å². The monoisotopic (exact) mass is 325 g/mol. The van der Waals surface area contributed by atoms with E-state index in [-0.39, 0.29) is 11.3 Å². The van der Waals surface area contributed by atoms with Crippen molar-refractivity contribution in [2.75, 3.05) is 5.32 Å². The van der Waals surface area contributed by atoms with Crippen LogP contribution in [0.5, 0.6) is 11.5 Å². The molecular weight excluding hydrogens is 317 g/mol. The number of carbonyl (C=O) groups is 1. The van der Waals surface area contributed by atoms with Gasteiger partial charge in [0.15, 0.2) is 11.5 Å². The third-order valence-electron chi connectivity index (χ3n) is 2.44. The van der Waals surface area contributed by atoms with E-state index in [1.54, 1.807) is 0 Å². The van der Waals surface area contributed by atoms with E-state index in [0.717, 1.165) is 0 Å². The number of rotatable bonds is 2. The van der Waals surface area contributed by atoms with Gasteiger partial charge in [-0.1, -0.05) is 6.07 Å². The largest absolute Gasteiger partial charge is 0.504 e. The van der Waals surface area contributed by atoms with Crippen molar-refractivity contribution in [3.63, 3.8) is 0 Å². The van der Waals surface area contributed by atoms with Gasteiger partial charge in [-0.3, -0.25) is 4.79 Å². The highest BCUT2D eigenvalue weighted by atomic mass is 79.9. The molecule has 0 heterocycles. The number of amides is 1. The Hall–Kier alpha value is -2.08. The quantitative estimate of drug-likeness (QED) is 0.742. The van der Waals surface area contributed by atoms with Crippen LogP contribution in [-0.4, -0.2) is 16.1 Å². The van der Waals surface area contributed by atoms with Crippen LogP contribution in [0.1, 0.15) is 10.4 Å². The van der Waals surface area contributed by atoms with E-state index in [2.05, 4.69) is 21.2 Å². The van der Waals surface area contributed by atoms with Gasteiger partial charge in [0.1, 0.15) is 5.82 Å². The molecule has 0 aliphatic carbocycles. The first-order valence-corrected chi connectivity index (χ1v) is 6.05. The minimum absolute atomic E-state index is 0.0729. The summed E-state index contributed by atoms with van der Waals surface area (Å²) in [4.78, 5) is 11.9. The van der Waals surface area contributed by atoms with E-state index in [0.29, 0.717) is 10.2 Å². The van der Waals surface area contributed by atoms with Crippen LogP contribution >= 0.6 is 15.9 Å². The fourth-order valence-electron chi connectivity index (χ4n) is 1.50. The molecular formula is C13H9BrFNO3. The average Bonchev–Trinajstić information content (AvgIpc) is 2.36. The molecule has 2 aromatic rings. The minimum atomic E-state index is -0.610. The lowest BCUT2D eigenvalue weighted by Gasteiger charge is -2.09. The maximum Gasteiger partial charge on any atom is 0.259 e. The summed E-state index contributed by atoms with van der Waals surface area (Å²) in [6.45, 7) is 0. The summed E-state index contributed by atoms with van der Waals surface area (Å²) in [6, 6.07) is 7.85. The fourth-order valence-corrected chi connectivity index (χ4v) is 1.95. The second-order valence-electron chi connectivity index (χ2n) is 3.75. The van der Waals surface area contributed by atoms with Crippen molar-refractivity contribution in [2.24, 2.45) is 0 Å². The Balaban J connectivity index is 2.28. The Morgan fingerprint density at radius 1 is 1.21 bits per heavy atom. The molecule has 3 N–H and O–H groups in total. The van der Waals surface area contributed by atoms with Crippen LogP contribution in [0.4, 0.5) is 10.1 Å². The maximum atomic E-state index is 12.9. The zero-order valence-electron chi connectivity index (χ0n) is 9.52. The lowest BCUT2D eigenvalue weighted by molar-refractivity contribution is 0.102. The van der Waals surface area contributed by atoms with Gasteiger partial charge in [-0.25, -0.2) is 4.39 Å². The normalized spacial score (nSPS) is 10.2. The molecule has 0 spiro atoms. The summed E-state index contributed by atoms with van der Waals surface area (Å²) < 4.78 is 13.3. The molecule has 6 heteroatoms. The number of benzene rings is 2. The minimum Gasteiger partial charge on any atom is -0.504 e. The maximum absolute atomic E-state index is 12.9. The summed E-state index contributed by atoms with van der Waals surface area (Å²) in [5, 5.41) is 21.4. The number of halogens is 2. The standard InChI is InChI=1S/C13H9BrFNO3/c14-9-6-7(15)4-5-10(9)16-13(19)8-2-1-3-11(17)12(8)18/h1-6,17-18H,(H,16,19). The third kappa shape index (κ3) is 2.85. The number of aromatic hydroxyl groups is 2. The second kappa shape index (κ2) is 5.27. The topological polar surface area (TPSA) is 69.6 Å². The molecule has 0 fully saturated rings. The van der Waals surface area contributed by atoms with E-state index in [9.17, 15) is 19.4 Å². The summed E-state index contributed by atoms with van der Waals surface area (Å²) in [6.07, 6.45) is 0. The molecule has 0 bridgehead atoms. The fraction of sp³-hybridized carbons (Fsp3) is 0. The Bertz CT molecular complexity index is 646. The van der Waals surface area contributed by atoms with Gasteiger partial charge in [0, 0.05) is 4.47 Å². The predicted octanol–water partition coefficient (Wildman–Crippen LogP) is 3.25. The van der Waals surface area contributed by atoms with Crippen molar-refractivity contribution in [2.45, 2.75) is 0 Å². The lowest BCUT2D eigenvalue weighted by atomic mass is 10.1. The highest BCUT2D eigenvalue weighted by Crippen LogP contribution is 2.30. The molecule has 0 saturated carbocycles. The molecule has 0 radical (unpaired) electrons. The molecule has 0 atom stereocenters. The first-order valence-electron chi connectivity index (χ1n) is 5.26. The Morgan fingerprint density at radius 2 is 1.95 bits per heavy atom. The van der Waals surface area contributed by atoms with Crippen LogP contribution in [0.15, 0.2) is 40.9 Å². The predicted molar refractivity (Wildman–Crippen MR) is 71.8 cm³/mol. The number of anilines is 1. The Morgan fingerprint density at radius 3 is 2.63 bits per heavy atom. The molecule has 2 rings (SSSR count). The SMILES string of the molecule is O=C(Nc1ccc(F)cc1Br)c1cccc(O)c1O. The highest BCUT2D eigenvalue weighted by Gasteiger charge is 2.15. The van der Waals surface area contributed by atoms with E-state index < -0.39 is 17.5 Å². The van der Waals surface area contributed by atoms with Gasteiger partial charge in [0.05, 0.1) is 11.3 Å². The molecule has 2 aromatic carbocycles. The molecule has 1 amide bonds. The first kappa shape index (κ1) is 13.4. The number of para-hydroxylation sites is 1. The molecule has 0 aliphatic rings. The molecule has 0 saturated heterocycles. The van der Waals surface area contributed by atoms with Gasteiger partial charge < -0.3 is 15.5 Å². The molecule has 98 valence electrons. The second-order valence-corrected chi connectivity index (χ2v) is 4.61. The van der Waals surface area contributed by atoms with E-state index in [1.807, 2.05) is 0 Å². The molecule has 0 unspecified atom stereocenters. The molecule has 19 heavy (non-hydrogen) atoms. The van der Waals surface area contributed by atoms with Crippen LogP contribution in [0.25, 0.3) is 0 Å². The van der Waals surface area contributed by atoms with Crippen LogP contribution < -0.4 is 5.32 Å². The third-order valence-corrected chi connectivity index (χ3v) is 3.09. The van der Waals surface area contributed by atoms with Gasteiger partial charge in [0.2, 0.25) is 0 Å². The first-order chi connectivity index (χ1) is 8.99. The zero-order chi connectivity index (χ0) is 14.0. The highest BCUT2D eigenvalue weighted by molar-refractivity contribution is 9.10. The van der Waals surface area contributed by atoms with Crippen molar-refractivity contribution in [1.29, 1.82) is 0 Å². The Labute approximate surface area is 116 Å². The molecule has 0 aliphatic heterocycles. The van der Waals surface area contributed by atoms with Gasteiger partial charge in [0.25, 0.3) is 5.91 Å². The molecule has 4 nitrogen and oxygen atoms in total. The number of nitrogens with one attached hydrogen (secondary N) is 1. The van der Waals surface area contributed by atoms with Crippen molar-refractivity contribution < 1.29 is 19.4 Å². The van der Waals surface area contributed by atoms with Crippen molar-refractivity contribution in [3.05, 3.63) is 52.3 Å². The average molecular weight is 326 g/mol. The molecule has 0 aromatic heterocycles. The van der Waals surface area contributed by atoms with Crippen LogP contribution in [0, 0.1) is 5.82 Å². The summed E-state index contributed by atoms with van der Waals surface area (Å²) >= 11 is 3.11. The van der Waals surface area contributed by atoms with Crippen LogP contribution in [0.3, 0.4) is 0 Å². The van der Waals surface area contributed by atoms with Gasteiger partial charge >= 0.3 is 0 Å². The van der Waals surface area contributed by atoms with Gasteiger partial charge in [-0.2, -0.15) is 0 Å². The van der Waals surface area contributed by atoms with E-state index in [4.69, 9.17) is 0 Å². The number of hydrogen-bond acceptors (Lipinski definition) is 3. The van der Waals surface area contributed by atoms with Crippen LogP contribution in [0.2, 0.25) is 0 Å². The summed E-state index contributed by atoms with van der Waals surface area (Å²) in [5.41, 5.74) is 0.283. The summed E-state index contributed by atoms with van der Waals surface area (Å²) in [7, 11) is 0. The lowest BCUT2D eigenvalue weighted by Crippen LogP contribution is -2.12. The Kier molecular flexibility index (Phi) is 3.71. The van der Waals surface area contributed by atoms with Crippen molar-refractivity contribution >= 4 is 27.5 Å². The van der Waals surface area contributed by atoms with Gasteiger partial charge in [-0.05, 0) is 46.3 Å². The van der Waals surface area contributed by atoms with Crippen molar-refractivity contribution in [1.82, 2.24) is 0 Å². The number of phenolic OH excluding ortho intramolecular Hbond substituents is 2. The van der Waals surface area contributed by atoms with Crippen LogP contribution in [-0.2, 0) is 0 Å².